The molecule has 0 aromatic heterocycles. The minimum Gasteiger partial charge on any atom is -0.493 e. The Morgan fingerprint density at radius 2 is 1.69 bits per heavy atom. The molecule has 0 atom stereocenters. The fraction of sp³-hybridized carbons (Fsp3) is 0.409. The van der Waals surface area contributed by atoms with Crippen molar-refractivity contribution in [3.05, 3.63) is 58.7 Å². The molecule has 0 aliphatic carbocycles. The molecule has 1 aliphatic heterocycles. The lowest BCUT2D eigenvalue weighted by Crippen LogP contribution is -2.27. The van der Waals surface area contributed by atoms with Gasteiger partial charge in [-0.1, -0.05) is 6.07 Å². The van der Waals surface area contributed by atoms with E-state index >= 15 is 0 Å². The van der Waals surface area contributed by atoms with E-state index in [9.17, 15) is 4.79 Å². The van der Waals surface area contributed by atoms with Gasteiger partial charge in [0.25, 0.3) is 5.91 Å². The smallest absolute Gasteiger partial charge is 0.253 e. The fourth-order valence-corrected chi connectivity index (χ4v) is 3.40. The van der Waals surface area contributed by atoms with Crippen LogP contribution in [0, 0.1) is 13.8 Å². The Kier molecular flexibility index (Phi) is 5.82. The highest BCUT2D eigenvalue weighted by atomic mass is 16.5. The lowest BCUT2D eigenvalue weighted by Gasteiger charge is -2.17. The van der Waals surface area contributed by atoms with Crippen LogP contribution >= 0.6 is 0 Å². The van der Waals surface area contributed by atoms with Crippen LogP contribution in [-0.2, 0) is 6.61 Å². The molecule has 0 unspecified atom stereocenters. The van der Waals surface area contributed by atoms with Gasteiger partial charge < -0.3 is 14.4 Å². The van der Waals surface area contributed by atoms with Crippen LogP contribution in [0.2, 0.25) is 0 Å². The maximum Gasteiger partial charge on any atom is 0.253 e. The second-order valence-electron chi connectivity index (χ2n) is 6.87. The maximum absolute atomic E-state index is 12.7. The topological polar surface area (TPSA) is 38.8 Å². The van der Waals surface area contributed by atoms with Gasteiger partial charge in [0.15, 0.2) is 0 Å². The zero-order valence-electron chi connectivity index (χ0n) is 15.9. The standard InChI is InChI=1S/C22H27NO3/c1-4-25-21-8-7-18(22(24)23-9-5-6-10-23)14-19(21)15-26-20-12-16(2)11-17(3)13-20/h7-8,11-14H,4-6,9-10,15H2,1-3H3. The van der Waals surface area contributed by atoms with Gasteiger partial charge in [0.1, 0.15) is 18.1 Å². The second kappa shape index (κ2) is 8.26. The van der Waals surface area contributed by atoms with Crippen LogP contribution in [0.4, 0.5) is 0 Å². The van der Waals surface area contributed by atoms with E-state index in [0.29, 0.717) is 18.8 Å². The minimum atomic E-state index is 0.0956. The van der Waals surface area contributed by atoms with E-state index in [4.69, 9.17) is 9.47 Å². The van der Waals surface area contributed by atoms with Gasteiger partial charge in [-0.05, 0) is 75.1 Å². The monoisotopic (exact) mass is 353 g/mol. The quantitative estimate of drug-likeness (QED) is 0.766. The average molecular weight is 353 g/mol. The first-order valence-corrected chi connectivity index (χ1v) is 9.33. The molecule has 0 saturated carbocycles. The highest BCUT2D eigenvalue weighted by Gasteiger charge is 2.20. The molecule has 4 nitrogen and oxygen atoms in total. The third-order valence-corrected chi connectivity index (χ3v) is 4.59. The SMILES string of the molecule is CCOc1ccc(C(=O)N2CCCC2)cc1COc1cc(C)cc(C)c1. The van der Waals surface area contributed by atoms with Crippen molar-refractivity contribution in [1.29, 1.82) is 0 Å². The van der Waals surface area contributed by atoms with Crippen molar-refractivity contribution >= 4 is 5.91 Å². The highest BCUT2D eigenvalue weighted by Crippen LogP contribution is 2.25. The van der Waals surface area contributed by atoms with Gasteiger partial charge in [0.2, 0.25) is 0 Å². The van der Waals surface area contributed by atoms with Crippen LogP contribution in [-0.4, -0.2) is 30.5 Å². The molecule has 0 N–H and O–H groups in total. The molecule has 138 valence electrons. The number of hydrogen-bond acceptors (Lipinski definition) is 3. The Hall–Kier alpha value is -2.49. The molecule has 2 aromatic carbocycles. The number of amides is 1. The summed E-state index contributed by atoms with van der Waals surface area (Å²) in [5.74, 6) is 1.70. The summed E-state index contributed by atoms with van der Waals surface area (Å²) in [7, 11) is 0. The van der Waals surface area contributed by atoms with E-state index < -0.39 is 0 Å². The Labute approximate surface area is 155 Å². The lowest BCUT2D eigenvalue weighted by molar-refractivity contribution is 0.0792. The van der Waals surface area contributed by atoms with E-state index in [-0.39, 0.29) is 5.91 Å². The first-order chi connectivity index (χ1) is 12.6. The van der Waals surface area contributed by atoms with Crippen molar-refractivity contribution in [2.45, 2.75) is 40.2 Å². The molecule has 1 aliphatic rings. The van der Waals surface area contributed by atoms with Gasteiger partial charge in [0.05, 0.1) is 6.61 Å². The number of carbonyl (C=O) groups is 1. The van der Waals surface area contributed by atoms with Gasteiger partial charge >= 0.3 is 0 Å². The zero-order valence-corrected chi connectivity index (χ0v) is 15.9. The van der Waals surface area contributed by atoms with E-state index in [1.807, 2.05) is 42.2 Å². The Morgan fingerprint density at radius 1 is 1.00 bits per heavy atom. The third kappa shape index (κ3) is 4.37. The van der Waals surface area contributed by atoms with Gasteiger partial charge in [0, 0.05) is 24.2 Å². The minimum absolute atomic E-state index is 0.0956. The number of aryl methyl sites for hydroxylation is 2. The van der Waals surface area contributed by atoms with Crippen molar-refractivity contribution in [3.63, 3.8) is 0 Å². The summed E-state index contributed by atoms with van der Waals surface area (Å²) in [5, 5.41) is 0. The third-order valence-electron chi connectivity index (χ3n) is 4.59. The van der Waals surface area contributed by atoms with Gasteiger partial charge in [-0.2, -0.15) is 0 Å². The van der Waals surface area contributed by atoms with Crippen molar-refractivity contribution < 1.29 is 14.3 Å². The van der Waals surface area contributed by atoms with Crippen molar-refractivity contribution in [1.82, 2.24) is 4.90 Å². The lowest BCUT2D eigenvalue weighted by atomic mass is 10.1. The van der Waals surface area contributed by atoms with Crippen LogP contribution in [0.25, 0.3) is 0 Å². The molecule has 1 heterocycles. The molecule has 1 fully saturated rings. The molecule has 0 bridgehead atoms. The number of benzene rings is 2. The summed E-state index contributed by atoms with van der Waals surface area (Å²) >= 11 is 0. The van der Waals surface area contributed by atoms with Crippen LogP contribution in [0.1, 0.15) is 46.8 Å². The summed E-state index contributed by atoms with van der Waals surface area (Å²) in [6, 6.07) is 11.8. The molecule has 1 saturated heterocycles. The van der Waals surface area contributed by atoms with Crippen molar-refractivity contribution in [2.24, 2.45) is 0 Å². The van der Waals surface area contributed by atoms with Crippen LogP contribution < -0.4 is 9.47 Å². The predicted octanol–water partition coefficient (Wildman–Crippen LogP) is 4.52. The number of hydrogen-bond donors (Lipinski definition) is 0. The normalized spacial score (nSPS) is 13.7. The maximum atomic E-state index is 12.7. The van der Waals surface area contributed by atoms with E-state index in [1.54, 1.807) is 0 Å². The highest BCUT2D eigenvalue weighted by molar-refractivity contribution is 5.94. The molecule has 4 heteroatoms. The summed E-state index contributed by atoms with van der Waals surface area (Å²) in [4.78, 5) is 14.6. The second-order valence-corrected chi connectivity index (χ2v) is 6.87. The summed E-state index contributed by atoms with van der Waals surface area (Å²) in [6.07, 6.45) is 2.18. The molecule has 0 spiro atoms. The van der Waals surface area contributed by atoms with E-state index in [2.05, 4.69) is 19.9 Å². The molecule has 1 amide bonds. The summed E-state index contributed by atoms with van der Waals surface area (Å²) in [5.41, 5.74) is 3.94. The van der Waals surface area contributed by atoms with Crippen LogP contribution in [0.5, 0.6) is 11.5 Å². The molecule has 26 heavy (non-hydrogen) atoms. The number of ether oxygens (including phenoxy) is 2. The predicted molar refractivity (Wildman–Crippen MR) is 103 cm³/mol. The number of nitrogens with zero attached hydrogens (tertiary/aromatic N) is 1. The molecular formula is C22H27NO3. The van der Waals surface area contributed by atoms with Crippen molar-refractivity contribution in [2.75, 3.05) is 19.7 Å². The average Bonchev–Trinajstić information content (AvgIpc) is 3.14. The first-order valence-electron chi connectivity index (χ1n) is 9.33. The van der Waals surface area contributed by atoms with Crippen LogP contribution in [0.15, 0.2) is 36.4 Å². The largest absolute Gasteiger partial charge is 0.493 e. The van der Waals surface area contributed by atoms with Crippen molar-refractivity contribution in [3.8, 4) is 11.5 Å². The van der Waals surface area contributed by atoms with Gasteiger partial charge in [-0.15, -0.1) is 0 Å². The molecule has 2 aromatic rings. The number of carbonyl (C=O) groups excluding carboxylic acids is 1. The number of rotatable bonds is 6. The van der Waals surface area contributed by atoms with E-state index in [0.717, 1.165) is 43.0 Å². The zero-order chi connectivity index (χ0) is 18.5. The Morgan fingerprint density at radius 3 is 2.35 bits per heavy atom. The van der Waals surface area contributed by atoms with Gasteiger partial charge in [-0.25, -0.2) is 0 Å². The molecule has 3 rings (SSSR count). The number of likely N-dealkylation sites (tertiary alicyclic amines) is 1. The Bertz CT molecular complexity index is 759. The summed E-state index contributed by atoms with van der Waals surface area (Å²) < 4.78 is 11.7. The first kappa shape index (κ1) is 18.3. The molecular weight excluding hydrogens is 326 g/mol. The molecule has 0 radical (unpaired) electrons. The van der Waals surface area contributed by atoms with Gasteiger partial charge in [-0.3, -0.25) is 4.79 Å². The van der Waals surface area contributed by atoms with Crippen LogP contribution in [0.3, 0.4) is 0 Å². The Balaban J connectivity index is 1.80. The summed E-state index contributed by atoms with van der Waals surface area (Å²) in [6.45, 7) is 8.72. The van der Waals surface area contributed by atoms with E-state index in [1.165, 1.54) is 11.1 Å². The fourth-order valence-electron chi connectivity index (χ4n) is 3.40.